The molecular formula is C25H28ClN7O5S. The van der Waals surface area contributed by atoms with Crippen LogP contribution in [0.3, 0.4) is 0 Å². The fourth-order valence-corrected chi connectivity index (χ4v) is 5.91. The lowest BCUT2D eigenvalue weighted by atomic mass is 9.96. The van der Waals surface area contributed by atoms with E-state index in [-0.39, 0.29) is 5.95 Å². The molecule has 2 unspecified atom stereocenters. The smallest absolute Gasteiger partial charge is 0.243 e. The van der Waals surface area contributed by atoms with Crippen molar-refractivity contribution in [1.29, 1.82) is 0 Å². The van der Waals surface area contributed by atoms with Crippen molar-refractivity contribution in [3.63, 3.8) is 0 Å². The number of rotatable bonds is 9. The Morgan fingerprint density at radius 1 is 1.05 bits per heavy atom. The van der Waals surface area contributed by atoms with Gasteiger partial charge in [0.15, 0.2) is 11.5 Å². The molecule has 12 nitrogen and oxygen atoms in total. The number of para-hydroxylation sites is 1. The molecule has 0 bridgehead atoms. The van der Waals surface area contributed by atoms with Gasteiger partial charge in [0.1, 0.15) is 28.8 Å². The summed E-state index contributed by atoms with van der Waals surface area (Å²) in [6.45, 7) is 3.30. The van der Waals surface area contributed by atoms with E-state index in [0.29, 0.717) is 39.6 Å². The largest absolute Gasteiger partial charge is 0.494 e. The highest BCUT2D eigenvalue weighted by Crippen LogP contribution is 2.39. The molecule has 0 radical (unpaired) electrons. The molecule has 3 heterocycles. The first-order valence-electron chi connectivity index (χ1n) is 12.4. The number of ether oxygens (including phenoxy) is 2. The Morgan fingerprint density at radius 3 is 2.38 bits per heavy atom. The molecule has 0 aliphatic heterocycles. The molecule has 0 spiro atoms. The van der Waals surface area contributed by atoms with Crippen LogP contribution in [0, 0.1) is 0 Å². The summed E-state index contributed by atoms with van der Waals surface area (Å²) in [6.07, 6.45) is 6.39. The zero-order valence-electron chi connectivity index (χ0n) is 21.9. The maximum Gasteiger partial charge on any atom is 0.243 e. The number of hydrogen-bond acceptors (Lipinski definition) is 10. The van der Waals surface area contributed by atoms with Crippen LogP contribution in [-0.2, 0) is 22.9 Å². The first-order valence-corrected chi connectivity index (χ1v) is 14.3. The summed E-state index contributed by atoms with van der Waals surface area (Å²) < 4.78 is 48.3. The molecule has 2 atom stereocenters. The standard InChI is InChI=1S/C25H28ClN7O5S/c1-14(23-27-12-16(26)13-28-23)15(2)39(34,35)32-25-30-29-24(21-17-8-5-6-9-18(17)38-31-21)33(25)22-19(36-3)10-7-11-20(22)37-4/h7,10-15H,5-6,8-9H2,1-4H3,(H,30,32). The number of hydrogen-bond donors (Lipinski definition) is 1. The average Bonchev–Trinajstić information content (AvgIpc) is 3.55. The Morgan fingerprint density at radius 2 is 1.72 bits per heavy atom. The van der Waals surface area contributed by atoms with E-state index >= 15 is 0 Å². The van der Waals surface area contributed by atoms with Crippen LogP contribution in [0.4, 0.5) is 5.95 Å². The van der Waals surface area contributed by atoms with Crippen LogP contribution in [0.2, 0.25) is 5.02 Å². The van der Waals surface area contributed by atoms with Gasteiger partial charge in [-0.1, -0.05) is 29.7 Å². The van der Waals surface area contributed by atoms with Crippen LogP contribution in [0.1, 0.15) is 49.8 Å². The predicted molar refractivity (Wildman–Crippen MR) is 144 cm³/mol. The lowest BCUT2D eigenvalue weighted by Gasteiger charge is -2.21. The third-order valence-electron chi connectivity index (χ3n) is 6.93. The van der Waals surface area contributed by atoms with E-state index in [4.69, 9.17) is 25.6 Å². The lowest BCUT2D eigenvalue weighted by molar-refractivity contribution is 0.373. The van der Waals surface area contributed by atoms with E-state index in [1.165, 1.54) is 31.2 Å². The van der Waals surface area contributed by atoms with Gasteiger partial charge in [0.05, 0.1) is 24.5 Å². The van der Waals surface area contributed by atoms with Gasteiger partial charge in [0.2, 0.25) is 16.0 Å². The molecule has 14 heteroatoms. The van der Waals surface area contributed by atoms with Crippen molar-refractivity contribution < 1.29 is 22.4 Å². The normalized spacial score (nSPS) is 14.9. The van der Waals surface area contributed by atoms with Crippen molar-refractivity contribution in [2.45, 2.75) is 50.7 Å². The van der Waals surface area contributed by atoms with Crippen LogP contribution in [-0.4, -0.2) is 57.8 Å². The number of nitrogens with zero attached hydrogens (tertiary/aromatic N) is 6. The highest BCUT2D eigenvalue weighted by Gasteiger charge is 2.34. The van der Waals surface area contributed by atoms with E-state index in [9.17, 15) is 8.42 Å². The monoisotopic (exact) mass is 573 g/mol. The number of aromatic nitrogens is 6. The molecule has 1 aromatic carbocycles. The number of methoxy groups -OCH3 is 2. The Hall–Kier alpha value is -3.71. The lowest BCUT2D eigenvalue weighted by Crippen LogP contribution is -2.31. The average molecular weight is 574 g/mol. The summed E-state index contributed by atoms with van der Waals surface area (Å²) in [4.78, 5) is 8.38. The molecule has 39 heavy (non-hydrogen) atoms. The Balaban J connectivity index is 1.62. The molecule has 206 valence electrons. The second-order valence-electron chi connectivity index (χ2n) is 9.23. The quantitative estimate of drug-likeness (QED) is 0.309. The van der Waals surface area contributed by atoms with Crippen LogP contribution >= 0.6 is 11.6 Å². The predicted octanol–water partition coefficient (Wildman–Crippen LogP) is 4.20. The molecule has 0 amide bonds. The molecule has 0 fully saturated rings. The molecule has 4 aromatic rings. The summed E-state index contributed by atoms with van der Waals surface area (Å²) in [7, 11) is -0.997. The van der Waals surface area contributed by atoms with E-state index in [0.717, 1.165) is 37.0 Å². The molecule has 1 N–H and O–H groups in total. The number of fused-ring (bicyclic) bond motifs is 1. The SMILES string of the molecule is COc1cccc(OC)c1-n1c(NS(=O)(=O)C(C)C(C)c2ncc(Cl)cn2)nnc1-c1noc2c1CCCC2. The third-order valence-corrected chi connectivity index (χ3v) is 8.97. The Labute approximate surface area is 230 Å². The summed E-state index contributed by atoms with van der Waals surface area (Å²) in [5, 5.41) is 12.3. The maximum atomic E-state index is 13.6. The van der Waals surface area contributed by atoms with Gasteiger partial charge in [-0.3, -0.25) is 9.29 Å². The van der Waals surface area contributed by atoms with E-state index in [2.05, 4.69) is 30.0 Å². The zero-order valence-corrected chi connectivity index (χ0v) is 23.5. The van der Waals surface area contributed by atoms with Gasteiger partial charge in [-0.25, -0.2) is 18.4 Å². The number of anilines is 1. The third kappa shape index (κ3) is 5.03. The second-order valence-corrected chi connectivity index (χ2v) is 11.7. The van der Waals surface area contributed by atoms with Crippen LogP contribution < -0.4 is 14.2 Å². The molecule has 1 aliphatic rings. The van der Waals surface area contributed by atoms with Gasteiger partial charge < -0.3 is 14.0 Å². The van der Waals surface area contributed by atoms with Crippen molar-refractivity contribution in [2.24, 2.45) is 0 Å². The van der Waals surface area contributed by atoms with Gasteiger partial charge in [0.25, 0.3) is 0 Å². The van der Waals surface area contributed by atoms with E-state index in [1.807, 2.05) is 0 Å². The van der Waals surface area contributed by atoms with Crippen LogP contribution in [0.25, 0.3) is 17.2 Å². The zero-order chi connectivity index (χ0) is 27.7. The highest BCUT2D eigenvalue weighted by atomic mass is 35.5. The van der Waals surface area contributed by atoms with Gasteiger partial charge in [-0.15, -0.1) is 10.2 Å². The first kappa shape index (κ1) is 26.9. The van der Waals surface area contributed by atoms with Gasteiger partial charge in [-0.05, 0) is 38.3 Å². The highest BCUT2D eigenvalue weighted by molar-refractivity contribution is 7.93. The van der Waals surface area contributed by atoms with Crippen molar-refractivity contribution in [3.05, 3.63) is 52.8 Å². The first-order chi connectivity index (χ1) is 18.7. The van der Waals surface area contributed by atoms with Crippen LogP contribution in [0.15, 0.2) is 35.1 Å². The Bertz CT molecular complexity index is 1560. The minimum atomic E-state index is -4.03. The fourth-order valence-electron chi connectivity index (χ4n) is 4.58. The van der Waals surface area contributed by atoms with Crippen LogP contribution in [0.5, 0.6) is 11.5 Å². The molecule has 0 saturated heterocycles. The number of benzene rings is 1. The van der Waals surface area contributed by atoms with Crippen molar-refractivity contribution in [2.75, 3.05) is 18.9 Å². The van der Waals surface area contributed by atoms with Crippen molar-refractivity contribution in [1.82, 2.24) is 29.9 Å². The van der Waals surface area contributed by atoms with Crippen molar-refractivity contribution >= 4 is 27.6 Å². The maximum absolute atomic E-state index is 13.6. The fraction of sp³-hybridized carbons (Fsp3) is 0.400. The van der Waals surface area contributed by atoms with Gasteiger partial charge in [0, 0.05) is 30.3 Å². The number of halogens is 1. The number of aryl methyl sites for hydroxylation is 1. The topological polar surface area (TPSA) is 147 Å². The molecule has 1 aliphatic carbocycles. The van der Waals surface area contributed by atoms with E-state index < -0.39 is 21.2 Å². The molecular weight excluding hydrogens is 546 g/mol. The minimum absolute atomic E-state index is 0.0589. The molecule has 3 aromatic heterocycles. The van der Waals surface area contributed by atoms with Gasteiger partial charge in [-0.2, -0.15) is 0 Å². The minimum Gasteiger partial charge on any atom is -0.494 e. The summed E-state index contributed by atoms with van der Waals surface area (Å²) >= 11 is 5.90. The molecule has 0 saturated carbocycles. The number of nitrogens with one attached hydrogen (secondary N) is 1. The number of sulfonamides is 1. The van der Waals surface area contributed by atoms with E-state index in [1.54, 1.807) is 32.0 Å². The van der Waals surface area contributed by atoms with Crippen molar-refractivity contribution in [3.8, 4) is 28.7 Å². The second kappa shape index (κ2) is 10.8. The summed E-state index contributed by atoms with van der Waals surface area (Å²) in [6, 6.07) is 5.24. The Kier molecular flexibility index (Phi) is 7.45. The van der Waals surface area contributed by atoms with Gasteiger partial charge >= 0.3 is 0 Å². The summed E-state index contributed by atoms with van der Waals surface area (Å²) in [5.41, 5.74) is 1.83. The molecule has 5 rings (SSSR count). The summed E-state index contributed by atoms with van der Waals surface area (Å²) in [5.74, 6) is 1.67.